The van der Waals surface area contributed by atoms with Crippen LogP contribution >= 0.6 is 7.75 Å². The van der Waals surface area contributed by atoms with Gasteiger partial charge in [-0.2, -0.15) is 10.3 Å². The number of carboxylic acids is 1. The van der Waals surface area contributed by atoms with E-state index in [4.69, 9.17) is 14.2 Å². The standard InChI is InChI=1S/C14H13N2O5P/c17-14(18)11-15-16-22(19,20-12-7-3-1-4-8-12)21-13-9-5-2-6-10-13/h1-11H,(H,16,19)(H,17,18). The lowest BCUT2D eigenvalue weighted by Crippen LogP contribution is -2.15. The number of nitrogens with zero attached hydrogens (tertiary/aromatic N) is 1. The van der Waals surface area contributed by atoms with Crippen LogP contribution in [-0.2, 0) is 9.36 Å². The second-order valence-electron chi connectivity index (χ2n) is 4.00. The molecule has 0 amide bonds. The molecule has 0 bridgehead atoms. The molecule has 0 aromatic heterocycles. The number of benzene rings is 2. The average molecular weight is 320 g/mol. The van der Waals surface area contributed by atoms with E-state index in [1.54, 1.807) is 60.7 Å². The maximum Gasteiger partial charge on any atom is 0.557 e. The fraction of sp³-hybridized carbons (Fsp3) is 0. The lowest BCUT2D eigenvalue weighted by molar-refractivity contribution is -0.128. The Balaban J connectivity index is 2.19. The zero-order chi connectivity index (χ0) is 15.8. The molecule has 2 aromatic carbocycles. The molecule has 0 spiro atoms. The summed E-state index contributed by atoms with van der Waals surface area (Å²) in [7, 11) is -3.93. The van der Waals surface area contributed by atoms with E-state index in [9.17, 15) is 9.36 Å². The van der Waals surface area contributed by atoms with Gasteiger partial charge in [0.15, 0.2) is 0 Å². The van der Waals surface area contributed by atoms with Crippen molar-refractivity contribution in [1.29, 1.82) is 0 Å². The summed E-state index contributed by atoms with van der Waals surface area (Å²) in [5, 5.41) is 14.0. The van der Waals surface area contributed by atoms with E-state index in [1.165, 1.54) is 0 Å². The number of rotatable bonds is 7. The zero-order valence-corrected chi connectivity index (χ0v) is 12.2. The molecule has 0 atom stereocenters. The minimum Gasteiger partial charge on any atom is -0.477 e. The van der Waals surface area contributed by atoms with Gasteiger partial charge in [0.25, 0.3) is 0 Å². The van der Waals surface area contributed by atoms with Crippen molar-refractivity contribution in [2.45, 2.75) is 0 Å². The molecule has 2 aromatic rings. The molecule has 2 rings (SSSR count). The summed E-state index contributed by atoms with van der Waals surface area (Å²) in [6.07, 6.45) is 0.551. The predicted molar refractivity (Wildman–Crippen MR) is 81.0 cm³/mol. The van der Waals surface area contributed by atoms with Gasteiger partial charge in [-0.15, -0.1) is 0 Å². The van der Waals surface area contributed by atoms with E-state index < -0.39 is 13.7 Å². The van der Waals surface area contributed by atoms with Gasteiger partial charge < -0.3 is 14.2 Å². The molecular weight excluding hydrogens is 307 g/mol. The van der Waals surface area contributed by atoms with Gasteiger partial charge in [-0.1, -0.05) is 36.4 Å². The Hall–Kier alpha value is -2.79. The zero-order valence-electron chi connectivity index (χ0n) is 11.3. The van der Waals surface area contributed by atoms with Crippen LogP contribution in [0.25, 0.3) is 0 Å². The third-order valence-electron chi connectivity index (χ3n) is 2.29. The number of para-hydroxylation sites is 2. The highest BCUT2D eigenvalue weighted by Gasteiger charge is 2.28. The van der Waals surface area contributed by atoms with Crippen molar-refractivity contribution in [3.05, 3.63) is 60.7 Å². The minimum atomic E-state index is -3.93. The van der Waals surface area contributed by atoms with Crippen LogP contribution in [0.3, 0.4) is 0 Å². The van der Waals surface area contributed by atoms with Crippen LogP contribution in [0.1, 0.15) is 0 Å². The summed E-state index contributed by atoms with van der Waals surface area (Å²) in [4.78, 5) is 10.4. The molecule has 0 aliphatic carbocycles. The Morgan fingerprint density at radius 3 is 1.86 bits per heavy atom. The third kappa shape index (κ3) is 4.96. The average Bonchev–Trinajstić information content (AvgIpc) is 2.48. The third-order valence-corrected chi connectivity index (χ3v) is 3.56. The second kappa shape index (κ2) is 7.28. The molecule has 22 heavy (non-hydrogen) atoms. The lowest BCUT2D eigenvalue weighted by Gasteiger charge is -2.18. The molecule has 0 radical (unpaired) electrons. The molecule has 2 N–H and O–H groups in total. The molecule has 7 nitrogen and oxygen atoms in total. The quantitative estimate of drug-likeness (QED) is 0.462. The van der Waals surface area contributed by atoms with Crippen LogP contribution in [0.15, 0.2) is 65.8 Å². The molecule has 0 saturated heterocycles. The summed E-state index contributed by atoms with van der Waals surface area (Å²) >= 11 is 0. The summed E-state index contributed by atoms with van der Waals surface area (Å²) in [5.74, 6) is -0.710. The van der Waals surface area contributed by atoms with E-state index in [2.05, 4.69) is 10.3 Å². The van der Waals surface area contributed by atoms with Gasteiger partial charge in [0.1, 0.15) is 17.7 Å². The Bertz CT molecular complexity index is 645. The molecular formula is C14H13N2O5P. The van der Waals surface area contributed by atoms with Crippen LogP contribution in [-0.4, -0.2) is 17.3 Å². The van der Waals surface area contributed by atoms with Crippen LogP contribution in [0, 0.1) is 0 Å². The largest absolute Gasteiger partial charge is 0.557 e. The smallest absolute Gasteiger partial charge is 0.477 e. The lowest BCUT2D eigenvalue weighted by atomic mass is 10.3. The molecule has 0 aliphatic rings. The van der Waals surface area contributed by atoms with Crippen molar-refractivity contribution >= 4 is 19.9 Å². The molecule has 114 valence electrons. The van der Waals surface area contributed by atoms with Gasteiger partial charge >= 0.3 is 13.7 Å². The number of aliphatic carboxylic acids is 1. The normalized spacial score (nSPS) is 11.1. The summed E-state index contributed by atoms with van der Waals surface area (Å²) in [5.41, 5.74) is 0. The number of hydrazone groups is 1. The summed E-state index contributed by atoms with van der Waals surface area (Å²) < 4.78 is 23.3. The van der Waals surface area contributed by atoms with Gasteiger partial charge in [0.2, 0.25) is 0 Å². The first-order valence-electron chi connectivity index (χ1n) is 6.20. The van der Waals surface area contributed by atoms with Crippen LogP contribution < -0.4 is 14.2 Å². The molecule has 0 fully saturated rings. The highest BCUT2D eigenvalue weighted by molar-refractivity contribution is 7.52. The number of hydrogen-bond acceptors (Lipinski definition) is 5. The second-order valence-corrected chi connectivity index (χ2v) is 5.56. The van der Waals surface area contributed by atoms with Crippen LogP contribution in [0.5, 0.6) is 11.5 Å². The van der Waals surface area contributed by atoms with Gasteiger partial charge in [-0.25, -0.2) is 9.36 Å². The van der Waals surface area contributed by atoms with E-state index in [-0.39, 0.29) is 0 Å². The Labute approximate surface area is 126 Å². The number of carboxylic acid groups (broad SMARTS) is 1. The summed E-state index contributed by atoms with van der Waals surface area (Å²) in [6.45, 7) is 0. The van der Waals surface area contributed by atoms with E-state index in [0.717, 1.165) is 0 Å². The SMILES string of the molecule is O=C(O)C=NNP(=O)(Oc1ccccc1)Oc1ccccc1. The highest BCUT2D eigenvalue weighted by atomic mass is 31.2. The van der Waals surface area contributed by atoms with Gasteiger partial charge in [0, 0.05) is 0 Å². The Morgan fingerprint density at radius 2 is 1.45 bits per heavy atom. The van der Waals surface area contributed by atoms with Gasteiger partial charge in [0.05, 0.1) is 0 Å². The summed E-state index contributed by atoms with van der Waals surface area (Å²) in [6, 6.07) is 16.7. The first kappa shape index (κ1) is 15.6. The van der Waals surface area contributed by atoms with Crippen molar-refractivity contribution < 1.29 is 23.5 Å². The fourth-order valence-electron chi connectivity index (χ4n) is 1.45. The van der Waals surface area contributed by atoms with Crippen molar-refractivity contribution in [2.75, 3.05) is 0 Å². The predicted octanol–water partition coefficient (Wildman–Crippen LogP) is 2.91. The molecule has 0 unspecified atom stereocenters. The minimum absolute atomic E-state index is 0.291. The van der Waals surface area contributed by atoms with E-state index in [1.807, 2.05) is 0 Å². The maximum absolute atomic E-state index is 12.7. The van der Waals surface area contributed by atoms with E-state index in [0.29, 0.717) is 17.7 Å². The maximum atomic E-state index is 12.7. The first-order valence-corrected chi connectivity index (χ1v) is 7.74. The molecule has 0 heterocycles. The van der Waals surface area contributed by atoms with Gasteiger partial charge in [-0.3, -0.25) is 0 Å². The van der Waals surface area contributed by atoms with Crippen LogP contribution in [0.4, 0.5) is 0 Å². The van der Waals surface area contributed by atoms with Crippen LogP contribution in [0.2, 0.25) is 0 Å². The first-order chi connectivity index (χ1) is 10.6. The Morgan fingerprint density at radius 1 is 1.00 bits per heavy atom. The van der Waals surface area contributed by atoms with E-state index >= 15 is 0 Å². The van der Waals surface area contributed by atoms with Crippen molar-refractivity contribution in [3.8, 4) is 11.5 Å². The number of nitrogens with one attached hydrogen (secondary N) is 1. The topological polar surface area (TPSA) is 97.2 Å². The monoisotopic (exact) mass is 320 g/mol. The number of hydrogen-bond donors (Lipinski definition) is 2. The molecule has 0 saturated carbocycles. The Kier molecular flexibility index (Phi) is 5.16. The molecule has 0 aliphatic heterocycles. The number of carbonyl (C=O) groups is 1. The molecule has 8 heteroatoms. The van der Waals surface area contributed by atoms with Gasteiger partial charge in [-0.05, 0) is 24.3 Å². The van der Waals surface area contributed by atoms with Crippen molar-refractivity contribution in [3.63, 3.8) is 0 Å². The fourth-order valence-corrected chi connectivity index (χ4v) is 2.57. The van der Waals surface area contributed by atoms with Crippen molar-refractivity contribution in [2.24, 2.45) is 5.10 Å². The van der Waals surface area contributed by atoms with Crippen molar-refractivity contribution in [1.82, 2.24) is 5.20 Å². The highest BCUT2D eigenvalue weighted by Crippen LogP contribution is 2.44.